The normalized spacial score (nSPS) is 11.6. The first-order valence-corrected chi connectivity index (χ1v) is 9.12. The molecule has 0 aliphatic heterocycles. The van der Waals surface area contributed by atoms with Crippen LogP contribution in [0.15, 0.2) is 12.7 Å². The van der Waals surface area contributed by atoms with Crippen molar-refractivity contribution in [3.05, 3.63) is 12.7 Å². The minimum Gasteiger partial charge on any atom is -0.324 e. The van der Waals surface area contributed by atoms with Crippen LogP contribution in [0.3, 0.4) is 0 Å². The first-order chi connectivity index (χ1) is 7.68. The summed E-state index contributed by atoms with van der Waals surface area (Å²) in [7, 11) is -1.87. The molecule has 0 bridgehead atoms. The second-order valence-electron chi connectivity index (χ2n) is 4.72. The van der Waals surface area contributed by atoms with E-state index < -0.39 is 7.14 Å². The van der Waals surface area contributed by atoms with Crippen LogP contribution in [-0.2, 0) is 4.57 Å². The van der Waals surface area contributed by atoms with Crippen LogP contribution in [0.5, 0.6) is 0 Å². The van der Waals surface area contributed by atoms with Crippen molar-refractivity contribution in [3.63, 3.8) is 0 Å². The van der Waals surface area contributed by atoms with Crippen molar-refractivity contribution in [3.8, 4) is 0 Å². The number of hydrogen-bond acceptors (Lipinski definition) is 1. The predicted molar refractivity (Wildman–Crippen MR) is 76.1 cm³/mol. The van der Waals surface area contributed by atoms with Crippen molar-refractivity contribution in [2.45, 2.75) is 58.8 Å². The van der Waals surface area contributed by atoms with E-state index in [9.17, 15) is 4.57 Å². The van der Waals surface area contributed by atoms with Crippen molar-refractivity contribution in [1.29, 1.82) is 0 Å². The Balaban J connectivity index is 4.02. The topological polar surface area (TPSA) is 17.1 Å². The Labute approximate surface area is 102 Å². The maximum absolute atomic E-state index is 12.7. The van der Waals surface area contributed by atoms with E-state index in [0.717, 1.165) is 37.7 Å². The summed E-state index contributed by atoms with van der Waals surface area (Å²) in [6.07, 6.45) is 12.9. The van der Waals surface area contributed by atoms with E-state index >= 15 is 0 Å². The molecule has 0 fully saturated rings. The maximum Gasteiger partial charge on any atom is 0.0880 e. The van der Waals surface area contributed by atoms with Gasteiger partial charge in [0, 0.05) is 18.5 Å². The average molecular weight is 244 g/mol. The van der Waals surface area contributed by atoms with Gasteiger partial charge in [-0.3, -0.25) is 0 Å². The second-order valence-corrected chi connectivity index (χ2v) is 8.18. The molecular weight excluding hydrogens is 215 g/mol. The average Bonchev–Trinajstić information content (AvgIpc) is 2.27. The van der Waals surface area contributed by atoms with Crippen molar-refractivity contribution in [1.82, 2.24) is 0 Å². The van der Waals surface area contributed by atoms with E-state index in [1.807, 2.05) is 6.08 Å². The third-order valence-electron chi connectivity index (χ3n) is 3.08. The van der Waals surface area contributed by atoms with Crippen LogP contribution < -0.4 is 0 Å². The quantitative estimate of drug-likeness (QED) is 0.273. The lowest BCUT2D eigenvalue weighted by molar-refractivity contribution is 0.567. The lowest BCUT2D eigenvalue weighted by atomic mass is 10.3. The van der Waals surface area contributed by atoms with E-state index in [1.165, 1.54) is 25.7 Å². The number of rotatable bonds is 11. The number of allylic oxidation sites excluding steroid dienone is 1. The molecule has 1 nitrogen and oxygen atoms in total. The summed E-state index contributed by atoms with van der Waals surface area (Å²) >= 11 is 0. The highest BCUT2D eigenvalue weighted by Crippen LogP contribution is 2.48. The van der Waals surface area contributed by atoms with Gasteiger partial charge in [0.2, 0.25) is 0 Å². The second kappa shape index (κ2) is 10.1. The molecule has 0 N–H and O–H groups in total. The van der Waals surface area contributed by atoms with Crippen LogP contribution in [0.1, 0.15) is 58.8 Å². The van der Waals surface area contributed by atoms with E-state index in [4.69, 9.17) is 0 Å². The zero-order valence-corrected chi connectivity index (χ0v) is 12.1. The monoisotopic (exact) mass is 244 g/mol. The smallest absolute Gasteiger partial charge is 0.0880 e. The number of hydrogen-bond donors (Lipinski definition) is 0. The summed E-state index contributed by atoms with van der Waals surface area (Å²) in [4.78, 5) is 0. The van der Waals surface area contributed by atoms with Crippen LogP contribution >= 0.6 is 7.14 Å². The molecule has 0 unspecified atom stereocenters. The van der Waals surface area contributed by atoms with E-state index in [1.54, 1.807) is 0 Å². The summed E-state index contributed by atoms with van der Waals surface area (Å²) in [6, 6.07) is 0. The molecule has 0 aromatic rings. The largest absolute Gasteiger partial charge is 0.324 e. The first kappa shape index (κ1) is 16.0. The molecule has 96 valence electrons. The highest BCUT2D eigenvalue weighted by atomic mass is 31.2. The van der Waals surface area contributed by atoms with Crippen LogP contribution in [0.25, 0.3) is 0 Å². The standard InChI is InChI=1S/C14H29OP/c1-4-7-10-13-16(15,12-9-6-3)14-11-8-5-2/h6H,3-5,7-14H2,1-2H3. The summed E-state index contributed by atoms with van der Waals surface area (Å²) in [5.41, 5.74) is 0. The lowest BCUT2D eigenvalue weighted by Gasteiger charge is -2.17. The minimum absolute atomic E-state index is 0.893. The van der Waals surface area contributed by atoms with Gasteiger partial charge in [0.1, 0.15) is 0 Å². The molecule has 0 aromatic carbocycles. The van der Waals surface area contributed by atoms with Gasteiger partial charge >= 0.3 is 0 Å². The summed E-state index contributed by atoms with van der Waals surface area (Å²) in [5, 5.41) is 0. The van der Waals surface area contributed by atoms with Gasteiger partial charge < -0.3 is 4.57 Å². The summed E-state index contributed by atoms with van der Waals surface area (Å²) < 4.78 is 12.7. The molecule has 0 aliphatic rings. The summed E-state index contributed by atoms with van der Waals surface area (Å²) in [5.74, 6) is 0. The molecule has 0 aromatic heterocycles. The van der Waals surface area contributed by atoms with E-state index in [2.05, 4.69) is 20.4 Å². The Morgan fingerprint density at radius 3 is 1.81 bits per heavy atom. The third-order valence-corrected chi connectivity index (χ3v) is 6.41. The van der Waals surface area contributed by atoms with Gasteiger partial charge in [-0.2, -0.15) is 0 Å². The fourth-order valence-corrected chi connectivity index (χ4v) is 4.89. The van der Waals surface area contributed by atoms with Crippen LogP contribution in [0.2, 0.25) is 0 Å². The van der Waals surface area contributed by atoms with Gasteiger partial charge in [0.25, 0.3) is 0 Å². The highest BCUT2D eigenvalue weighted by molar-refractivity contribution is 7.63. The fourth-order valence-electron chi connectivity index (χ4n) is 1.96. The predicted octanol–water partition coefficient (Wildman–Crippen LogP) is 5.31. The molecule has 0 rings (SSSR count). The molecule has 0 amide bonds. The summed E-state index contributed by atoms with van der Waals surface area (Å²) in [6.45, 7) is 8.14. The molecule has 0 heterocycles. The Bertz CT molecular complexity index is 197. The molecule has 16 heavy (non-hydrogen) atoms. The fraction of sp³-hybridized carbons (Fsp3) is 0.857. The Morgan fingerprint density at radius 2 is 1.44 bits per heavy atom. The third kappa shape index (κ3) is 8.16. The minimum atomic E-state index is -1.87. The van der Waals surface area contributed by atoms with Gasteiger partial charge in [0.15, 0.2) is 0 Å². The zero-order chi connectivity index (χ0) is 12.3. The molecule has 0 saturated carbocycles. The van der Waals surface area contributed by atoms with Crippen LogP contribution in [0.4, 0.5) is 0 Å². The molecule has 0 radical (unpaired) electrons. The van der Waals surface area contributed by atoms with Crippen LogP contribution in [0, 0.1) is 0 Å². The van der Waals surface area contributed by atoms with E-state index in [-0.39, 0.29) is 0 Å². The SMILES string of the molecule is C=CCCP(=O)(CCCCC)CCCCC. The molecule has 2 heteroatoms. The Kier molecular flexibility index (Phi) is 10.1. The van der Waals surface area contributed by atoms with Gasteiger partial charge in [-0.15, -0.1) is 6.58 Å². The van der Waals surface area contributed by atoms with Crippen molar-refractivity contribution in [2.24, 2.45) is 0 Å². The van der Waals surface area contributed by atoms with Gasteiger partial charge in [-0.1, -0.05) is 45.6 Å². The maximum atomic E-state index is 12.7. The van der Waals surface area contributed by atoms with Gasteiger partial charge in [0.05, 0.1) is 7.14 Å². The van der Waals surface area contributed by atoms with Crippen LogP contribution in [-0.4, -0.2) is 18.5 Å². The van der Waals surface area contributed by atoms with Gasteiger partial charge in [-0.05, 0) is 19.3 Å². The van der Waals surface area contributed by atoms with E-state index in [0.29, 0.717) is 0 Å². The Morgan fingerprint density at radius 1 is 0.938 bits per heavy atom. The molecule has 0 atom stereocenters. The molecule has 0 saturated heterocycles. The lowest BCUT2D eigenvalue weighted by Crippen LogP contribution is -2.00. The molecular formula is C14H29OP. The highest BCUT2D eigenvalue weighted by Gasteiger charge is 2.19. The van der Waals surface area contributed by atoms with Crippen molar-refractivity contribution in [2.75, 3.05) is 18.5 Å². The molecule has 0 spiro atoms. The van der Waals surface area contributed by atoms with Crippen molar-refractivity contribution < 1.29 is 4.57 Å². The number of unbranched alkanes of at least 4 members (excludes halogenated alkanes) is 4. The van der Waals surface area contributed by atoms with Crippen molar-refractivity contribution >= 4 is 7.14 Å². The first-order valence-electron chi connectivity index (χ1n) is 6.86. The Hall–Kier alpha value is -0.0300. The molecule has 0 aliphatic carbocycles. The van der Waals surface area contributed by atoms with Gasteiger partial charge in [-0.25, -0.2) is 0 Å². The zero-order valence-electron chi connectivity index (χ0n) is 11.2.